The number of piperazine rings is 1. The molecule has 1 aromatic carbocycles. The van der Waals surface area contributed by atoms with Crippen LogP contribution in [0.15, 0.2) is 24.3 Å². The van der Waals surface area contributed by atoms with Crippen molar-refractivity contribution in [2.24, 2.45) is 5.92 Å². The van der Waals surface area contributed by atoms with Crippen LogP contribution in [0.2, 0.25) is 5.02 Å². The van der Waals surface area contributed by atoms with Crippen molar-refractivity contribution in [2.45, 2.75) is 44.8 Å². The SMILES string of the molecule is CC1CNC(C2CC2)CN1C(C)c1cccc(Cl)c1. The van der Waals surface area contributed by atoms with Crippen molar-refractivity contribution in [2.75, 3.05) is 13.1 Å². The van der Waals surface area contributed by atoms with Crippen LogP contribution in [0, 0.1) is 5.92 Å². The van der Waals surface area contributed by atoms with Crippen LogP contribution in [-0.2, 0) is 0 Å². The highest BCUT2D eigenvalue weighted by Crippen LogP contribution is 2.36. The minimum atomic E-state index is 0.442. The predicted molar refractivity (Wildman–Crippen MR) is 80.5 cm³/mol. The normalized spacial score (nSPS) is 30.3. The topological polar surface area (TPSA) is 15.3 Å². The van der Waals surface area contributed by atoms with E-state index in [1.165, 1.54) is 24.9 Å². The van der Waals surface area contributed by atoms with Crippen LogP contribution in [-0.4, -0.2) is 30.1 Å². The molecule has 0 amide bonds. The second-order valence-electron chi connectivity index (χ2n) is 6.13. The Morgan fingerprint density at radius 2 is 2.16 bits per heavy atom. The van der Waals surface area contributed by atoms with Gasteiger partial charge in [0, 0.05) is 36.2 Å². The molecule has 2 nitrogen and oxygen atoms in total. The van der Waals surface area contributed by atoms with E-state index in [0.717, 1.165) is 17.5 Å². The Morgan fingerprint density at radius 1 is 1.37 bits per heavy atom. The summed E-state index contributed by atoms with van der Waals surface area (Å²) in [5, 5.41) is 4.55. The summed E-state index contributed by atoms with van der Waals surface area (Å²) in [6.07, 6.45) is 2.82. The maximum atomic E-state index is 6.12. The molecular formula is C16H23ClN2. The molecule has 1 saturated carbocycles. The van der Waals surface area contributed by atoms with E-state index >= 15 is 0 Å². The Kier molecular flexibility index (Phi) is 3.84. The van der Waals surface area contributed by atoms with E-state index in [1.807, 2.05) is 6.07 Å². The van der Waals surface area contributed by atoms with Gasteiger partial charge >= 0.3 is 0 Å². The maximum Gasteiger partial charge on any atom is 0.0409 e. The summed E-state index contributed by atoms with van der Waals surface area (Å²) < 4.78 is 0. The zero-order valence-electron chi connectivity index (χ0n) is 11.8. The number of nitrogens with one attached hydrogen (secondary N) is 1. The average Bonchev–Trinajstić information content (AvgIpc) is 3.23. The number of benzene rings is 1. The monoisotopic (exact) mass is 278 g/mol. The van der Waals surface area contributed by atoms with Crippen LogP contribution in [0.1, 0.15) is 38.3 Å². The lowest BCUT2D eigenvalue weighted by molar-refractivity contribution is 0.0925. The average molecular weight is 279 g/mol. The van der Waals surface area contributed by atoms with E-state index in [1.54, 1.807) is 0 Å². The third-order valence-corrected chi connectivity index (χ3v) is 4.90. The van der Waals surface area contributed by atoms with Gasteiger partial charge in [-0.15, -0.1) is 0 Å². The number of rotatable bonds is 3. The molecule has 3 rings (SSSR count). The Hall–Kier alpha value is -0.570. The molecule has 3 atom stereocenters. The Bertz CT molecular complexity index is 444. The molecule has 3 heteroatoms. The highest BCUT2D eigenvalue weighted by molar-refractivity contribution is 6.30. The van der Waals surface area contributed by atoms with Crippen LogP contribution in [0.4, 0.5) is 0 Å². The van der Waals surface area contributed by atoms with Gasteiger partial charge in [-0.05, 0) is 50.3 Å². The van der Waals surface area contributed by atoms with Gasteiger partial charge in [-0.3, -0.25) is 4.90 Å². The highest BCUT2D eigenvalue weighted by Gasteiger charge is 2.37. The van der Waals surface area contributed by atoms with Crippen molar-refractivity contribution in [1.29, 1.82) is 0 Å². The standard InChI is InChI=1S/C16H23ClN2/c1-11-9-18-16(13-6-7-13)10-19(11)12(2)14-4-3-5-15(17)8-14/h3-5,8,11-13,16,18H,6-7,9-10H2,1-2H3. The highest BCUT2D eigenvalue weighted by atomic mass is 35.5. The second-order valence-corrected chi connectivity index (χ2v) is 6.57. The molecule has 1 heterocycles. The molecule has 19 heavy (non-hydrogen) atoms. The van der Waals surface area contributed by atoms with Gasteiger partial charge in [0.1, 0.15) is 0 Å². The Morgan fingerprint density at radius 3 is 2.84 bits per heavy atom. The molecule has 0 radical (unpaired) electrons. The van der Waals surface area contributed by atoms with Crippen LogP contribution in [0.25, 0.3) is 0 Å². The smallest absolute Gasteiger partial charge is 0.0409 e. The molecule has 1 saturated heterocycles. The van der Waals surface area contributed by atoms with Gasteiger partial charge in [0.05, 0.1) is 0 Å². The maximum absolute atomic E-state index is 6.12. The summed E-state index contributed by atoms with van der Waals surface area (Å²) >= 11 is 6.12. The molecular weight excluding hydrogens is 256 g/mol. The van der Waals surface area contributed by atoms with E-state index in [0.29, 0.717) is 18.1 Å². The first-order chi connectivity index (χ1) is 9.15. The van der Waals surface area contributed by atoms with E-state index in [9.17, 15) is 0 Å². The predicted octanol–water partition coefficient (Wildman–Crippen LogP) is 3.47. The first-order valence-corrected chi connectivity index (χ1v) is 7.77. The molecule has 3 unspecified atom stereocenters. The van der Waals surface area contributed by atoms with Crippen molar-refractivity contribution in [3.63, 3.8) is 0 Å². The summed E-state index contributed by atoms with van der Waals surface area (Å²) in [5.41, 5.74) is 1.33. The molecule has 104 valence electrons. The fraction of sp³-hybridized carbons (Fsp3) is 0.625. The molecule has 1 aromatic rings. The van der Waals surface area contributed by atoms with Gasteiger partial charge in [-0.2, -0.15) is 0 Å². The van der Waals surface area contributed by atoms with E-state index in [4.69, 9.17) is 11.6 Å². The molecule has 1 aliphatic carbocycles. The van der Waals surface area contributed by atoms with Crippen LogP contribution in [0.3, 0.4) is 0 Å². The van der Waals surface area contributed by atoms with Gasteiger partial charge in [0.15, 0.2) is 0 Å². The molecule has 0 bridgehead atoms. The summed E-state index contributed by atoms with van der Waals surface area (Å²) in [4.78, 5) is 2.63. The lowest BCUT2D eigenvalue weighted by Crippen LogP contribution is -2.56. The third kappa shape index (κ3) is 2.96. The molecule has 1 aliphatic heterocycles. The lowest BCUT2D eigenvalue weighted by atomic mass is 10.00. The summed E-state index contributed by atoms with van der Waals surface area (Å²) in [7, 11) is 0. The van der Waals surface area contributed by atoms with Gasteiger partial charge in [-0.1, -0.05) is 23.7 Å². The zero-order valence-corrected chi connectivity index (χ0v) is 12.5. The summed E-state index contributed by atoms with van der Waals surface area (Å²) in [5.74, 6) is 0.918. The van der Waals surface area contributed by atoms with Crippen molar-refractivity contribution >= 4 is 11.6 Å². The first kappa shape index (κ1) is 13.4. The van der Waals surface area contributed by atoms with E-state index in [2.05, 4.69) is 42.3 Å². The van der Waals surface area contributed by atoms with Crippen molar-refractivity contribution in [3.8, 4) is 0 Å². The Balaban J connectivity index is 1.74. The fourth-order valence-corrected chi connectivity index (χ4v) is 3.42. The molecule has 2 fully saturated rings. The summed E-state index contributed by atoms with van der Waals surface area (Å²) in [6.45, 7) is 6.89. The number of hydrogen-bond donors (Lipinski definition) is 1. The lowest BCUT2D eigenvalue weighted by Gasteiger charge is -2.42. The van der Waals surface area contributed by atoms with Crippen LogP contribution >= 0.6 is 11.6 Å². The molecule has 1 N–H and O–H groups in total. The second kappa shape index (κ2) is 5.43. The fourth-order valence-electron chi connectivity index (χ4n) is 3.22. The number of halogens is 1. The van der Waals surface area contributed by atoms with Gasteiger partial charge in [-0.25, -0.2) is 0 Å². The minimum Gasteiger partial charge on any atom is -0.311 e. The van der Waals surface area contributed by atoms with Crippen molar-refractivity contribution in [3.05, 3.63) is 34.9 Å². The van der Waals surface area contributed by atoms with Crippen LogP contribution in [0.5, 0.6) is 0 Å². The van der Waals surface area contributed by atoms with E-state index < -0.39 is 0 Å². The van der Waals surface area contributed by atoms with E-state index in [-0.39, 0.29) is 0 Å². The van der Waals surface area contributed by atoms with Gasteiger partial charge in [0.2, 0.25) is 0 Å². The minimum absolute atomic E-state index is 0.442. The molecule has 0 spiro atoms. The zero-order chi connectivity index (χ0) is 13.4. The quantitative estimate of drug-likeness (QED) is 0.911. The largest absolute Gasteiger partial charge is 0.311 e. The molecule has 2 aliphatic rings. The third-order valence-electron chi connectivity index (χ3n) is 4.67. The molecule has 0 aromatic heterocycles. The number of nitrogens with zero attached hydrogens (tertiary/aromatic N) is 1. The summed E-state index contributed by atoms with van der Waals surface area (Å²) in [6, 6.07) is 10.0. The van der Waals surface area contributed by atoms with Crippen molar-refractivity contribution < 1.29 is 0 Å². The van der Waals surface area contributed by atoms with Gasteiger partial charge in [0.25, 0.3) is 0 Å². The van der Waals surface area contributed by atoms with Crippen LogP contribution < -0.4 is 5.32 Å². The Labute approximate surface area is 121 Å². The first-order valence-electron chi connectivity index (χ1n) is 7.39. The van der Waals surface area contributed by atoms with Gasteiger partial charge < -0.3 is 5.32 Å². The van der Waals surface area contributed by atoms with Crippen molar-refractivity contribution in [1.82, 2.24) is 10.2 Å². The number of hydrogen-bond acceptors (Lipinski definition) is 2.